The quantitative estimate of drug-likeness (QED) is 0.216. The predicted octanol–water partition coefficient (Wildman–Crippen LogP) is 1.63. The lowest BCUT2D eigenvalue weighted by Gasteiger charge is -2.02. The van der Waals surface area contributed by atoms with Gasteiger partial charge in [-0.25, -0.2) is 9.59 Å². The lowest BCUT2D eigenvalue weighted by molar-refractivity contribution is -0.384. The van der Waals surface area contributed by atoms with E-state index in [1.165, 1.54) is 24.3 Å². The molecule has 0 saturated heterocycles. The van der Waals surface area contributed by atoms with Gasteiger partial charge in [-0.1, -0.05) is 0 Å². The van der Waals surface area contributed by atoms with E-state index in [0.29, 0.717) is 5.56 Å². The van der Waals surface area contributed by atoms with Crippen LogP contribution in [-0.4, -0.2) is 28.6 Å². The molecule has 0 unspecified atom stereocenters. The monoisotopic (exact) mass is 265 g/mol. The van der Waals surface area contributed by atoms with Gasteiger partial charge in [0.1, 0.15) is 5.57 Å². The number of carboxylic acids is 1. The molecule has 1 aromatic rings. The molecule has 1 aromatic carbocycles. The van der Waals surface area contributed by atoms with E-state index in [1.807, 2.05) is 0 Å². The first kappa shape index (κ1) is 14.4. The number of rotatable bonds is 5. The molecule has 7 heteroatoms. The Bertz CT molecular complexity index is 532. The third kappa shape index (κ3) is 3.91. The molecule has 0 heterocycles. The molecule has 0 amide bonds. The minimum atomic E-state index is -1.42. The number of benzene rings is 1. The Morgan fingerprint density at radius 1 is 1.37 bits per heavy atom. The summed E-state index contributed by atoms with van der Waals surface area (Å²) in [6, 6.07) is 5.13. The van der Waals surface area contributed by atoms with E-state index in [1.54, 1.807) is 6.92 Å². The van der Waals surface area contributed by atoms with Gasteiger partial charge in [0.05, 0.1) is 11.5 Å². The van der Waals surface area contributed by atoms with E-state index in [9.17, 15) is 19.7 Å². The maximum Gasteiger partial charge on any atom is 0.345 e. The Kier molecular flexibility index (Phi) is 4.76. The zero-order valence-electron chi connectivity index (χ0n) is 10.0. The topological polar surface area (TPSA) is 107 Å². The molecule has 0 aliphatic heterocycles. The fourth-order valence-electron chi connectivity index (χ4n) is 1.28. The van der Waals surface area contributed by atoms with Crippen LogP contribution in [0, 0.1) is 10.1 Å². The number of nitro groups is 1. The summed E-state index contributed by atoms with van der Waals surface area (Å²) in [6.07, 6.45) is 1.10. The Labute approximate surface area is 108 Å². The molecule has 19 heavy (non-hydrogen) atoms. The average Bonchev–Trinajstić information content (AvgIpc) is 2.36. The van der Waals surface area contributed by atoms with Crippen LogP contribution in [0.1, 0.15) is 12.5 Å². The van der Waals surface area contributed by atoms with Crippen molar-refractivity contribution in [3.8, 4) is 0 Å². The zero-order chi connectivity index (χ0) is 14.4. The van der Waals surface area contributed by atoms with E-state index in [4.69, 9.17) is 5.11 Å². The van der Waals surface area contributed by atoms with Crippen LogP contribution in [0.25, 0.3) is 6.08 Å². The summed E-state index contributed by atoms with van der Waals surface area (Å²) in [6.45, 7) is 1.62. The van der Waals surface area contributed by atoms with Crippen molar-refractivity contribution in [2.24, 2.45) is 0 Å². The number of carboxylic acid groups (broad SMARTS) is 1. The second-order valence-corrected chi connectivity index (χ2v) is 3.43. The Balaban J connectivity index is 3.05. The first-order valence-electron chi connectivity index (χ1n) is 5.32. The number of carbonyl (C=O) groups is 2. The highest BCUT2D eigenvalue weighted by Gasteiger charge is 2.18. The van der Waals surface area contributed by atoms with Crippen LogP contribution in [0.2, 0.25) is 0 Å². The predicted molar refractivity (Wildman–Crippen MR) is 65.3 cm³/mol. The molecule has 100 valence electrons. The molecular formula is C12H11NO6. The van der Waals surface area contributed by atoms with Gasteiger partial charge in [0.2, 0.25) is 0 Å². The molecule has 0 saturated carbocycles. The molecule has 0 atom stereocenters. The molecule has 1 N–H and O–H groups in total. The zero-order valence-corrected chi connectivity index (χ0v) is 10.0. The second-order valence-electron chi connectivity index (χ2n) is 3.43. The van der Waals surface area contributed by atoms with Gasteiger partial charge < -0.3 is 9.84 Å². The normalized spacial score (nSPS) is 10.9. The van der Waals surface area contributed by atoms with Crippen molar-refractivity contribution in [1.29, 1.82) is 0 Å². The van der Waals surface area contributed by atoms with E-state index >= 15 is 0 Å². The highest BCUT2D eigenvalue weighted by Crippen LogP contribution is 2.15. The van der Waals surface area contributed by atoms with Crippen LogP contribution in [-0.2, 0) is 14.3 Å². The summed E-state index contributed by atoms with van der Waals surface area (Å²) < 4.78 is 4.60. The molecule has 0 aliphatic rings. The van der Waals surface area contributed by atoms with E-state index in [2.05, 4.69) is 4.74 Å². The van der Waals surface area contributed by atoms with Gasteiger partial charge in [-0.05, 0) is 30.7 Å². The fourth-order valence-corrected chi connectivity index (χ4v) is 1.28. The number of nitro benzene ring substituents is 1. The largest absolute Gasteiger partial charge is 0.477 e. The lowest BCUT2D eigenvalue weighted by Crippen LogP contribution is -2.15. The third-order valence-corrected chi connectivity index (χ3v) is 2.14. The van der Waals surface area contributed by atoms with Gasteiger partial charge >= 0.3 is 11.9 Å². The van der Waals surface area contributed by atoms with Crippen LogP contribution in [0.4, 0.5) is 5.69 Å². The molecule has 1 rings (SSSR count). The highest BCUT2D eigenvalue weighted by atomic mass is 16.6. The molecule has 0 aliphatic carbocycles. The highest BCUT2D eigenvalue weighted by molar-refractivity contribution is 6.17. The van der Waals surface area contributed by atoms with Crippen molar-refractivity contribution in [1.82, 2.24) is 0 Å². The Hall–Kier alpha value is -2.70. The summed E-state index contributed by atoms with van der Waals surface area (Å²) in [7, 11) is 0. The van der Waals surface area contributed by atoms with Gasteiger partial charge in [0, 0.05) is 12.1 Å². The summed E-state index contributed by atoms with van der Waals surface area (Å²) in [5, 5.41) is 19.4. The first-order valence-corrected chi connectivity index (χ1v) is 5.32. The van der Waals surface area contributed by atoms with Crippen molar-refractivity contribution >= 4 is 23.7 Å². The lowest BCUT2D eigenvalue weighted by atomic mass is 10.1. The minimum Gasteiger partial charge on any atom is -0.477 e. The molecule has 0 aromatic heterocycles. The van der Waals surface area contributed by atoms with Crippen LogP contribution in [0.5, 0.6) is 0 Å². The second kappa shape index (κ2) is 6.29. The molecule has 0 fully saturated rings. The van der Waals surface area contributed by atoms with Gasteiger partial charge in [0.25, 0.3) is 5.69 Å². The SMILES string of the molecule is CCOC(=O)/C(=C/c1ccc([N+](=O)[O-])cc1)C(=O)O. The van der Waals surface area contributed by atoms with Crippen LogP contribution in [0.3, 0.4) is 0 Å². The van der Waals surface area contributed by atoms with Crippen LogP contribution < -0.4 is 0 Å². The summed E-state index contributed by atoms with van der Waals surface area (Å²) in [5.41, 5.74) is -0.295. The van der Waals surface area contributed by atoms with Crippen molar-refractivity contribution in [3.63, 3.8) is 0 Å². The Morgan fingerprint density at radius 2 is 1.95 bits per heavy atom. The molecule has 0 spiro atoms. The maximum atomic E-state index is 11.4. The number of hydrogen-bond acceptors (Lipinski definition) is 5. The van der Waals surface area contributed by atoms with E-state index < -0.39 is 22.4 Å². The molecule has 7 nitrogen and oxygen atoms in total. The van der Waals surface area contributed by atoms with Crippen LogP contribution in [0.15, 0.2) is 29.8 Å². The smallest absolute Gasteiger partial charge is 0.345 e. The van der Waals surface area contributed by atoms with Crippen molar-refractivity contribution in [3.05, 3.63) is 45.5 Å². The average molecular weight is 265 g/mol. The van der Waals surface area contributed by atoms with Crippen LogP contribution >= 0.6 is 0 Å². The number of carbonyl (C=O) groups excluding carboxylic acids is 1. The number of esters is 1. The Morgan fingerprint density at radius 3 is 2.37 bits per heavy atom. The maximum absolute atomic E-state index is 11.4. The molecular weight excluding hydrogens is 254 g/mol. The van der Waals surface area contributed by atoms with Crippen molar-refractivity contribution < 1.29 is 24.4 Å². The van der Waals surface area contributed by atoms with Crippen molar-refractivity contribution in [2.45, 2.75) is 6.92 Å². The van der Waals surface area contributed by atoms with Gasteiger partial charge in [-0.15, -0.1) is 0 Å². The number of aliphatic carboxylic acids is 1. The van der Waals surface area contributed by atoms with E-state index in [-0.39, 0.29) is 12.3 Å². The molecule has 0 bridgehead atoms. The molecule has 0 radical (unpaired) electrons. The van der Waals surface area contributed by atoms with Gasteiger partial charge in [-0.2, -0.15) is 0 Å². The van der Waals surface area contributed by atoms with Crippen molar-refractivity contribution in [2.75, 3.05) is 6.61 Å². The number of hydrogen-bond donors (Lipinski definition) is 1. The third-order valence-electron chi connectivity index (χ3n) is 2.14. The summed E-state index contributed by atoms with van der Waals surface area (Å²) >= 11 is 0. The van der Waals surface area contributed by atoms with E-state index in [0.717, 1.165) is 6.08 Å². The number of nitrogens with zero attached hydrogens (tertiary/aromatic N) is 1. The minimum absolute atomic E-state index is 0.0592. The fraction of sp³-hybridized carbons (Fsp3) is 0.167. The number of non-ortho nitro benzene ring substituents is 1. The summed E-state index contributed by atoms with van der Waals surface area (Å²) in [4.78, 5) is 32.2. The standard InChI is InChI=1S/C12H11NO6/c1-2-19-12(16)10(11(14)15)7-8-3-5-9(6-4-8)13(17)18/h3-7H,2H2,1H3,(H,14,15)/b10-7+. The first-order chi connectivity index (χ1) is 8.95. The summed E-state index contributed by atoms with van der Waals surface area (Å²) in [5.74, 6) is -2.37. The van der Waals surface area contributed by atoms with Gasteiger partial charge in [-0.3, -0.25) is 10.1 Å². The number of ether oxygens (including phenoxy) is 1. The van der Waals surface area contributed by atoms with Gasteiger partial charge in [0.15, 0.2) is 0 Å².